The van der Waals surface area contributed by atoms with Crippen LogP contribution in [0.25, 0.3) is 0 Å². The number of rotatable bonds is 9. The number of likely N-dealkylation sites (N-methyl/N-ethyl adjacent to an activating group) is 1. The number of carbonyl (C=O) groups is 3. The maximum atomic E-state index is 12.8. The lowest BCUT2D eigenvalue weighted by molar-refractivity contribution is -0.151. The summed E-state index contributed by atoms with van der Waals surface area (Å²) in [6.45, 7) is 3.25. The predicted molar refractivity (Wildman–Crippen MR) is 117 cm³/mol. The lowest BCUT2D eigenvalue weighted by Gasteiger charge is -2.32. The Morgan fingerprint density at radius 3 is 2.47 bits per heavy atom. The number of nitrogens with one attached hydrogen (secondary N) is 1. The smallest absolute Gasteiger partial charge is 0.309 e. The van der Waals surface area contributed by atoms with E-state index in [1.165, 1.54) is 36.2 Å². The first-order chi connectivity index (χ1) is 15.2. The minimum Gasteiger partial charge on any atom is -0.466 e. The molecule has 0 radical (unpaired) electrons. The Kier molecular flexibility index (Phi) is 7.89. The van der Waals surface area contributed by atoms with Gasteiger partial charge in [0, 0.05) is 32.2 Å². The molecule has 2 amide bonds. The van der Waals surface area contributed by atoms with E-state index in [1.54, 1.807) is 11.8 Å². The van der Waals surface area contributed by atoms with Crippen molar-refractivity contribution < 1.29 is 27.5 Å². The number of likely N-dealkylation sites (tertiary alicyclic amines) is 1. The van der Waals surface area contributed by atoms with Gasteiger partial charge in [0.15, 0.2) is 0 Å². The topological polar surface area (TPSA) is 113 Å². The van der Waals surface area contributed by atoms with E-state index in [9.17, 15) is 22.8 Å². The van der Waals surface area contributed by atoms with Crippen molar-refractivity contribution >= 4 is 27.8 Å². The molecule has 2 fully saturated rings. The molecule has 0 unspecified atom stereocenters. The van der Waals surface area contributed by atoms with Crippen molar-refractivity contribution in [2.75, 3.05) is 39.8 Å². The first kappa shape index (κ1) is 24.2. The van der Waals surface area contributed by atoms with Crippen molar-refractivity contribution in [2.45, 2.75) is 37.5 Å². The Labute approximate surface area is 189 Å². The predicted octanol–water partition coefficient (Wildman–Crippen LogP) is 1.25. The van der Waals surface area contributed by atoms with Gasteiger partial charge >= 0.3 is 5.97 Å². The molecule has 1 saturated heterocycles. The summed E-state index contributed by atoms with van der Waals surface area (Å²) in [5.74, 6) is -0.670. The zero-order valence-corrected chi connectivity index (χ0v) is 19.4. The minimum atomic E-state index is -3.69. The van der Waals surface area contributed by atoms with Crippen LogP contribution in [0.3, 0.4) is 0 Å². The third-order valence-electron chi connectivity index (χ3n) is 5.84. The highest BCUT2D eigenvalue weighted by atomic mass is 32.2. The fourth-order valence-corrected chi connectivity index (χ4v) is 4.81. The summed E-state index contributed by atoms with van der Waals surface area (Å²) in [7, 11) is -2.18. The Hall–Kier alpha value is -2.46. The third-order valence-corrected chi connectivity index (χ3v) is 7.26. The summed E-state index contributed by atoms with van der Waals surface area (Å²) in [6, 6.07) is 5.84. The Balaban J connectivity index is 1.55. The summed E-state index contributed by atoms with van der Waals surface area (Å²) >= 11 is 0. The van der Waals surface area contributed by atoms with Gasteiger partial charge in [-0.25, -0.2) is 13.1 Å². The lowest BCUT2D eigenvalue weighted by atomic mass is 9.97. The molecule has 1 heterocycles. The Morgan fingerprint density at radius 2 is 1.84 bits per heavy atom. The van der Waals surface area contributed by atoms with Gasteiger partial charge in [-0.1, -0.05) is 6.07 Å². The second-order valence-electron chi connectivity index (χ2n) is 8.39. The van der Waals surface area contributed by atoms with E-state index in [1.807, 2.05) is 0 Å². The molecule has 32 heavy (non-hydrogen) atoms. The van der Waals surface area contributed by atoms with E-state index in [-0.39, 0.29) is 34.8 Å². The number of hydrogen-bond donors (Lipinski definition) is 1. The highest BCUT2D eigenvalue weighted by Gasteiger charge is 2.29. The van der Waals surface area contributed by atoms with Crippen LogP contribution in [0.5, 0.6) is 0 Å². The van der Waals surface area contributed by atoms with E-state index in [0.717, 1.165) is 12.8 Å². The normalized spacial score (nSPS) is 17.1. The van der Waals surface area contributed by atoms with Crippen LogP contribution in [0.15, 0.2) is 29.2 Å². The van der Waals surface area contributed by atoms with Crippen molar-refractivity contribution in [3.63, 3.8) is 0 Å². The summed E-state index contributed by atoms with van der Waals surface area (Å²) in [6.07, 6.45) is 3.13. The van der Waals surface area contributed by atoms with Gasteiger partial charge in [-0.3, -0.25) is 14.4 Å². The molecule has 0 spiro atoms. The molecule has 1 saturated carbocycles. The number of hydrogen-bond acceptors (Lipinski definition) is 6. The molecular formula is C22H31N3O6S. The van der Waals surface area contributed by atoms with E-state index >= 15 is 0 Å². The monoisotopic (exact) mass is 465 g/mol. The number of nitrogens with zero attached hydrogens (tertiary/aromatic N) is 2. The van der Waals surface area contributed by atoms with Crippen molar-refractivity contribution in [1.29, 1.82) is 0 Å². The molecule has 1 aromatic carbocycles. The van der Waals surface area contributed by atoms with E-state index in [2.05, 4.69) is 4.72 Å². The van der Waals surface area contributed by atoms with Crippen molar-refractivity contribution in [1.82, 2.24) is 14.5 Å². The molecule has 3 rings (SSSR count). The summed E-state index contributed by atoms with van der Waals surface area (Å²) in [5, 5.41) is 0. The molecule has 1 aromatic rings. The lowest BCUT2D eigenvalue weighted by Crippen LogP contribution is -2.45. The summed E-state index contributed by atoms with van der Waals surface area (Å²) in [4.78, 5) is 40.3. The fraction of sp³-hybridized carbons (Fsp3) is 0.591. The number of amides is 2. The van der Waals surface area contributed by atoms with Gasteiger partial charge < -0.3 is 14.5 Å². The largest absolute Gasteiger partial charge is 0.466 e. The zero-order chi connectivity index (χ0) is 23.3. The number of piperidine rings is 1. The van der Waals surface area contributed by atoms with Crippen LogP contribution < -0.4 is 4.72 Å². The maximum Gasteiger partial charge on any atom is 0.309 e. The number of benzene rings is 1. The fourth-order valence-electron chi connectivity index (χ4n) is 3.65. The molecule has 0 aromatic heterocycles. The van der Waals surface area contributed by atoms with E-state index < -0.39 is 15.9 Å². The van der Waals surface area contributed by atoms with Gasteiger partial charge in [0.1, 0.15) is 0 Å². The molecule has 0 bridgehead atoms. The Bertz CT molecular complexity index is 952. The number of esters is 1. The highest BCUT2D eigenvalue weighted by Crippen LogP contribution is 2.28. The summed E-state index contributed by atoms with van der Waals surface area (Å²) < 4.78 is 32.6. The van der Waals surface area contributed by atoms with Crippen LogP contribution in [-0.4, -0.2) is 75.8 Å². The quantitative estimate of drug-likeness (QED) is 0.549. The maximum absolute atomic E-state index is 12.8. The molecule has 176 valence electrons. The number of ether oxygens (including phenoxy) is 1. The van der Waals surface area contributed by atoms with Crippen molar-refractivity contribution in [2.24, 2.45) is 11.8 Å². The molecule has 2 aliphatic rings. The average molecular weight is 466 g/mol. The van der Waals surface area contributed by atoms with E-state index in [4.69, 9.17) is 4.74 Å². The van der Waals surface area contributed by atoms with Gasteiger partial charge in [-0.15, -0.1) is 0 Å². The molecule has 9 nitrogen and oxygen atoms in total. The Morgan fingerprint density at radius 1 is 1.16 bits per heavy atom. The van der Waals surface area contributed by atoms with Crippen LogP contribution in [0.4, 0.5) is 0 Å². The molecule has 10 heteroatoms. The van der Waals surface area contributed by atoms with Crippen LogP contribution in [0.2, 0.25) is 0 Å². The second kappa shape index (κ2) is 10.4. The van der Waals surface area contributed by atoms with Crippen LogP contribution in [-0.2, 0) is 24.3 Å². The molecule has 1 aliphatic heterocycles. The highest BCUT2D eigenvalue weighted by molar-refractivity contribution is 7.89. The van der Waals surface area contributed by atoms with Gasteiger partial charge in [0.2, 0.25) is 15.9 Å². The number of carbonyl (C=O) groups excluding carboxylic acids is 3. The second-order valence-corrected chi connectivity index (χ2v) is 10.2. The van der Waals surface area contributed by atoms with Gasteiger partial charge in [0.05, 0.1) is 24.0 Å². The molecule has 0 atom stereocenters. The summed E-state index contributed by atoms with van der Waals surface area (Å²) in [5.41, 5.74) is 0.204. The standard InChI is InChI=1S/C22H31N3O6S/c1-3-31-22(28)17-9-11-25(12-10-17)20(26)15-24(2)21(27)18-5-4-6-19(13-18)32(29,30)23-14-16-7-8-16/h4-6,13,16-17,23H,3,7-12,14-15H2,1-2H3. The first-order valence-corrected chi connectivity index (χ1v) is 12.5. The zero-order valence-electron chi connectivity index (χ0n) is 18.6. The van der Waals surface area contributed by atoms with Crippen molar-refractivity contribution in [3.05, 3.63) is 29.8 Å². The van der Waals surface area contributed by atoms with Gasteiger partial charge in [-0.2, -0.15) is 0 Å². The number of sulfonamides is 1. The van der Waals surface area contributed by atoms with Crippen LogP contribution >= 0.6 is 0 Å². The van der Waals surface area contributed by atoms with Gasteiger partial charge in [-0.05, 0) is 56.7 Å². The average Bonchev–Trinajstić information content (AvgIpc) is 3.62. The molecule has 1 aliphatic carbocycles. The first-order valence-electron chi connectivity index (χ1n) is 11.0. The third kappa shape index (κ3) is 6.29. The van der Waals surface area contributed by atoms with Crippen LogP contribution in [0, 0.1) is 11.8 Å². The van der Waals surface area contributed by atoms with Gasteiger partial charge in [0.25, 0.3) is 5.91 Å². The van der Waals surface area contributed by atoms with E-state index in [0.29, 0.717) is 45.0 Å². The van der Waals surface area contributed by atoms with Crippen molar-refractivity contribution in [3.8, 4) is 0 Å². The minimum absolute atomic E-state index is 0.0322. The molecular weight excluding hydrogens is 434 g/mol. The SMILES string of the molecule is CCOC(=O)C1CCN(C(=O)CN(C)C(=O)c2cccc(S(=O)(=O)NCC3CC3)c2)CC1. The molecule has 1 N–H and O–H groups in total. The van der Waals surface area contributed by atoms with Crippen LogP contribution in [0.1, 0.15) is 43.0 Å².